The molecule has 1 atom stereocenters. The van der Waals surface area contributed by atoms with Crippen molar-refractivity contribution in [1.82, 2.24) is 10.6 Å². The molecule has 0 aromatic carbocycles. The maximum atomic E-state index is 11.7. The van der Waals surface area contributed by atoms with Gasteiger partial charge < -0.3 is 24.8 Å². The number of ether oxygens (including phenoxy) is 3. The van der Waals surface area contributed by atoms with Gasteiger partial charge in [-0.1, -0.05) is 0 Å². The fraction of sp³-hybridized carbons (Fsp3) is 0.929. The molecule has 2 saturated heterocycles. The van der Waals surface area contributed by atoms with Gasteiger partial charge in [0.15, 0.2) is 0 Å². The Morgan fingerprint density at radius 2 is 2.15 bits per heavy atom. The first kappa shape index (κ1) is 15.7. The standard InChI is InChI=1S/C14H26N2O4/c1-14(2)10-15-7-12(20-14)8-19-9-13(17)16-11-3-5-18-6-4-11/h11-12,15H,3-10H2,1-2H3,(H,16,17). The van der Waals surface area contributed by atoms with Crippen LogP contribution >= 0.6 is 0 Å². The molecule has 1 amide bonds. The quantitative estimate of drug-likeness (QED) is 0.748. The van der Waals surface area contributed by atoms with Crippen molar-refractivity contribution in [3.05, 3.63) is 0 Å². The third-order valence-corrected chi connectivity index (χ3v) is 3.53. The topological polar surface area (TPSA) is 68.8 Å². The summed E-state index contributed by atoms with van der Waals surface area (Å²) in [5.41, 5.74) is -0.170. The third kappa shape index (κ3) is 5.36. The number of nitrogens with one attached hydrogen (secondary N) is 2. The monoisotopic (exact) mass is 286 g/mol. The molecule has 0 aromatic heterocycles. The largest absolute Gasteiger partial charge is 0.381 e. The van der Waals surface area contributed by atoms with Crippen molar-refractivity contribution in [2.75, 3.05) is 39.5 Å². The highest BCUT2D eigenvalue weighted by Crippen LogP contribution is 2.15. The molecular weight excluding hydrogens is 260 g/mol. The van der Waals surface area contributed by atoms with Crippen LogP contribution in [-0.2, 0) is 19.0 Å². The van der Waals surface area contributed by atoms with Gasteiger partial charge in [-0.05, 0) is 26.7 Å². The number of amides is 1. The summed E-state index contributed by atoms with van der Waals surface area (Å²) < 4.78 is 16.6. The zero-order chi connectivity index (χ0) is 14.4. The van der Waals surface area contributed by atoms with Crippen molar-refractivity contribution >= 4 is 5.91 Å². The number of carbonyl (C=O) groups excluding carboxylic acids is 1. The summed E-state index contributed by atoms with van der Waals surface area (Å²) in [7, 11) is 0. The van der Waals surface area contributed by atoms with E-state index in [1.165, 1.54) is 0 Å². The predicted molar refractivity (Wildman–Crippen MR) is 74.6 cm³/mol. The molecule has 0 aliphatic carbocycles. The van der Waals surface area contributed by atoms with E-state index in [1.54, 1.807) is 0 Å². The smallest absolute Gasteiger partial charge is 0.246 e. The predicted octanol–water partition coefficient (Wildman–Crippen LogP) is 0.0652. The first-order valence-corrected chi connectivity index (χ1v) is 7.38. The molecule has 0 radical (unpaired) electrons. The minimum Gasteiger partial charge on any atom is -0.381 e. The molecule has 1 unspecified atom stereocenters. The minimum atomic E-state index is -0.170. The Hall–Kier alpha value is -0.690. The highest BCUT2D eigenvalue weighted by molar-refractivity contribution is 5.77. The summed E-state index contributed by atoms with van der Waals surface area (Å²) in [6.45, 7) is 7.69. The Kier molecular flexibility index (Phi) is 5.77. The van der Waals surface area contributed by atoms with E-state index in [4.69, 9.17) is 14.2 Å². The molecule has 20 heavy (non-hydrogen) atoms. The first-order chi connectivity index (χ1) is 9.55. The van der Waals surface area contributed by atoms with Crippen molar-refractivity contribution in [3.8, 4) is 0 Å². The van der Waals surface area contributed by atoms with E-state index in [-0.39, 0.29) is 30.3 Å². The number of rotatable bonds is 5. The van der Waals surface area contributed by atoms with Crippen molar-refractivity contribution in [3.63, 3.8) is 0 Å². The van der Waals surface area contributed by atoms with Gasteiger partial charge in [-0.2, -0.15) is 0 Å². The Morgan fingerprint density at radius 3 is 2.85 bits per heavy atom. The van der Waals surface area contributed by atoms with Gasteiger partial charge >= 0.3 is 0 Å². The molecule has 2 fully saturated rings. The number of hydrogen-bond acceptors (Lipinski definition) is 5. The molecule has 2 N–H and O–H groups in total. The van der Waals surface area contributed by atoms with Crippen molar-refractivity contribution in [1.29, 1.82) is 0 Å². The summed E-state index contributed by atoms with van der Waals surface area (Å²) in [5, 5.41) is 6.28. The van der Waals surface area contributed by atoms with Crippen LogP contribution in [-0.4, -0.2) is 63.2 Å². The molecule has 2 aliphatic rings. The average Bonchev–Trinajstić information content (AvgIpc) is 2.38. The summed E-state index contributed by atoms with van der Waals surface area (Å²) in [4.78, 5) is 11.7. The molecule has 0 bridgehead atoms. The van der Waals surface area contributed by atoms with E-state index >= 15 is 0 Å². The lowest BCUT2D eigenvalue weighted by molar-refractivity contribution is -0.136. The van der Waals surface area contributed by atoms with Gasteiger partial charge in [0, 0.05) is 32.3 Å². The Bertz CT molecular complexity index is 316. The van der Waals surface area contributed by atoms with E-state index in [0.717, 1.165) is 39.1 Å². The van der Waals surface area contributed by atoms with Gasteiger partial charge in [0.25, 0.3) is 0 Å². The summed E-state index contributed by atoms with van der Waals surface area (Å²) in [5.74, 6) is -0.0556. The fourth-order valence-electron chi connectivity index (χ4n) is 2.56. The zero-order valence-corrected chi connectivity index (χ0v) is 12.4. The average molecular weight is 286 g/mol. The zero-order valence-electron chi connectivity index (χ0n) is 12.4. The minimum absolute atomic E-state index is 0.00892. The van der Waals surface area contributed by atoms with Gasteiger partial charge in [0.1, 0.15) is 6.61 Å². The summed E-state index contributed by atoms with van der Waals surface area (Å²) in [6, 6.07) is 0.228. The molecule has 0 aromatic rings. The Balaban J connectivity index is 1.59. The maximum absolute atomic E-state index is 11.7. The molecule has 2 rings (SSSR count). The van der Waals surface area contributed by atoms with Crippen LogP contribution in [0.4, 0.5) is 0 Å². The summed E-state index contributed by atoms with van der Waals surface area (Å²) in [6.07, 6.45) is 1.78. The number of carbonyl (C=O) groups is 1. The molecule has 2 aliphatic heterocycles. The molecule has 116 valence electrons. The maximum Gasteiger partial charge on any atom is 0.246 e. The van der Waals surface area contributed by atoms with Crippen LogP contribution in [0.3, 0.4) is 0 Å². The van der Waals surface area contributed by atoms with Gasteiger partial charge in [-0.3, -0.25) is 4.79 Å². The third-order valence-electron chi connectivity index (χ3n) is 3.53. The SMILES string of the molecule is CC1(C)CNCC(COCC(=O)NC2CCOCC2)O1. The van der Waals surface area contributed by atoms with Gasteiger partial charge in [-0.15, -0.1) is 0 Å². The second-order valence-electron chi connectivity index (χ2n) is 6.10. The van der Waals surface area contributed by atoms with E-state index in [1.807, 2.05) is 13.8 Å². The van der Waals surface area contributed by atoms with E-state index in [9.17, 15) is 4.79 Å². The first-order valence-electron chi connectivity index (χ1n) is 7.38. The fourth-order valence-corrected chi connectivity index (χ4v) is 2.56. The van der Waals surface area contributed by atoms with Gasteiger partial charge in [-0.25, -0.2) is 0 Å². The van der Waals surface area contributed by atoms with Crippen LogP contribution in [0.25, 0.3) is 0 Å². The molecule has 0 spiro atoms. The molecule has 2 heterocycles. The molecule has 6 nitrogen and oxygen atoms in total. The van der Waals surface area contributed by atoms with Crippen LogP contribution in [0.15, 0.2) is 0 Å². The molecule has 0 saturated carbocycles. The highest BCUT2D eigenvalue weighted by Gasteiger charge is 2.28. The number of hydrogen-bond donors (Lipinski definition) is 2. The van der Waals surface area contributed by atoms with Crippen LogP contribution in [0.1, 0.15) is 26.7 Å². The lowest BCUT2D eigenvalue weighted by Gasteiger charge is -2.36. The summed E-state index contributed by atoms with van der Waals surface area (Å²) >= 11 is 0. The van der Waals surface area contributed by atoms with Crippen molar-refractivity contribution in [2.24, 2.45) is 0 Å². The molecular formula is C14H26N2O4. The normalized spacial score (nSPS) is 27.2. The van der Waals surface area contributed by atoms with Crippen molar-refractivity contribution < 1.29 is 19.0 Å². The van der Waals surface area contributed by atoms with E-state index in [2.05, 4.69) is 10.6 Å². The lowest BCUT2D eigenvalue weighted by Crippen LogP contribution is -2.52. The van der Waals surface area contributed by atoms with Gasteiger partial charge in [0.05, 0.1) is 18.3 Å². The molecule has 6 heteroatoms. The lowest BCUT2D eigenvalue weighted by atomic mass is 10.1. The Labute approximate surface area is 120 Å². The van der Waals surface area contributed by atoms with Gasteiger partial charge in [0.2, 0.25) is 5.91 Å². The van der Waals surface area contributed by atoms with Crippen molar-refractivity contribution in [2.45, 2.75) is 44.4 Å². The second kappa shape index (κ2) is 7.36. The second-order valence-corrected chi connectivity index (χ2v) is 6.10. The van der Waals surface area contributed by atoms with Crippen LogP contribution in [0.2, 0.25) is 0 Å². The number of morpholine rings is 1. The van der Waals surface area contributed by atoms with E-state index < -0.39 is 0 Å². The van der Waals surface area contributed by atoms with E-state index in [0.29, 0.717) is 6.61 Å². The van der Waals surface area contributed by atoms with Crippen LogP contribution in [0, 0.1) is 0 Å². The Morgan fingerprint density at radius 1 is 1.40 bits per heavy atom. The van der Waals surface area contributed by atoms with Crippen LogP contribution < -0.4 is 10.6 Å². The van der Waals surface area contributed by atoms with Crippen LogP contribution in [0.5, 0.6) is 0 Å². The highest BCUT2D eigenvalue weighted by atomic mass is 16.5.